The molecule has 0 radical (unpaired) electrons. The minimum absolute atomic E-state index is 0.0123. The number of rotatable bonds is 2. The number of carbonyl (C=O) groups is 1. The molecule has 1 aromatic rings. The van der Waals surface area contributed by atoms with Gasteiger partial charge in [0.2, 0.25) is 0 Å². The molecule has 1 saturated heterocycles. The van der Waals surface area contributed by atoms with E-state index in [1.54, 1.807) is 12.1 Å². The molecule has 4 nitrogen and oxygen atoms in total. The monoisotopic (exact) mass is 235 g/mol. The number of hydrogen-bond acceptors (Lipinski definition) is 4. The first-order chi connectivity index (χ1) is 8.22. The van der Waals surface area contributed by atoms with E-state index in [9.17, 15) is 9.90 Å². The van der Waals surface area contributed by atoms with Gasteiger partial charge >= 0.3 is 5.97 Å². The Kier molecular flexibility index (Phi) is 3.64. The summed E-state index contributed by atoms with van der Waals surface area (Å²) in [5.41, 5.74) is 1.24. The van der Waals surface area contributed by atoms with Crippen LogP contribution < -0.4 is 5.32 Å². The predicted octanol–water partition coefficient (Wildman–Crippen LogP) is 1.99. The zero-order valence-electron chi connectivity index (χ0n) is 9.90. The van der Waals surface area contributed by atoms with Crippen molar-refractivity contribution in [3.05, 3.63) is 29.3 Å². The third kappa shape index (κ3) is 2.58. The molecule has 0 aromatic heterocycles. The van der Waals surface area contributed by atoms with Crippen molar-refractivity contribution in [3.8, 4) is 5.75 Å². The molecule has 1 atom stereocenters. The molecule has 2 N–H and O–H groups in total. The van der Waals surface area contributed by atoms with Crippen molar-refractivity contribution in [2.75, 3.05) is 13.7 Å². The van der Waals surface area contributed by atoms with Gasteiger partial charge in [0.15, 0.2) is 0 Å². The lowest BCUT2D eigenvalue weighted by atomic mass is 9.96. The number of hydrogen-bond donors (Lipinski definition) is 2. The lowest BCUT2D eigenvalue weighted by Crippen LogP contribution is -2.26. The maximum atomic E-state index is 11.3. The standard InChI is InChI=1S/C13H17NO3/c1-17-13(16)10-6-5-9(8-12(10)15)11-4-2-3-7-14-11/h5-6,8,11,14-15H,2-4,7H2,1H3. The molecule has 92 valence electrons. The number of nitrogens with one attached hydrogen (secondary N) is 1. The highest BCUT2D eigenvalue weighted by atomic mass is 16.5. The quantitative estimate of drug-likeness (QED) is 0.770. The maximum Gasteiger partial charge on any atom is 0.341 e. The molecular formula is C13H17NO3. The van der Waals surface area contributed by atoms with E-state index < -0.39 is 5.97 Å². The Morgan fingerprint density at radius 1 is 1.47 bits per heavy atom. The zero-order chi connectivity index (χ0) is 12.3. The van der Waals surface area contributed by atoms with Gasteiger partial charge in [-0.3, -0.25) is 0 Å². The van der Waals surface area contributed by atoms with Crippen LogP contribution in [0.15, 0.2) is 18.2 Å². The number of esters is 1. The number of aromatic hydroxyl groups is 1. The Hall–Kier alpha value is -1.55. The van der Waals surface area contributed by atoms with Gasteiger partial charge in [-0.2, -0.15) is 0 Å². The summed E-state index contributed by atoms with van der Waals surface area (Å²) in [7, 11) is 1.30. The number of benzene rings is 1. The highest BCUT2D eigenvalue weighted by Crippen LogP contribution is 2.27. The lowest BCUT2D eigenvalue weighted by molar-refractivity contribution is 0.0597. The van der Waals surface area contributed by atoms with E-state index in [0.29, 0.717) is 0 Å². The fourth-order valence-electron chi connectivity index (χ4n) is 2.18. The second-order valence-electron chi connectivity index (χ2n) is 4.27. The van der Waals surface area contributed by atoms with Crippen LogP contribution in [0.2, 0.25) is 0 Å². The van der Waals surface area contributed by atoms with E-state index in [1.807, 2.05) is 6.07 Å². The van der Waals surface area contributed by atoms with Gasteiger partial charge in [0.1, 0.15) is 11.3 Å². The zero-order valence-corrected chi connectivity index (χ0v) is 9.90. The molecule has 1 heterocycles. The Labute approximate surface area is 101 Å². The normalized spacial score (nSPS) is 19.9. The Morgan fingerprint density at radius 2 is 2.29 bits per heavy atom. The third-order valence-corrected chi connectivity index (χ3v) is 3.14. The fraction of sp³-hybridized carbons (Fsp3) is 0.462. The summed E-state index contributed by atoms with van der Waals surface area (Å²) in [6, 6.07) is 5.41. The molecule has 1 aliphatic heterocycles. The van der Waals surface area contributed by atoms with Crippen LogP contribution in [-0.2, 0) is 4.74 Å². The average Bonchev–Trinajstić information content (AvgIpc) is 2.39. The van der Waals surface area contributed by atoms with Gasteiger partial charge in [-0.15, -0.1) is 0 Å². The first-order valence-corrected chi connectivity index (χ1v) is 5.87. The molecular weight excluding hydrogens is 218 g/mol. The highest BCUT2D eigenvalue weighted by molar-refractivity contribution is 5.92. The van der Waals surface area contributed by atoms with Crippen molar-refractivity contribution < 1.29 is 14.6 Å². The molecule has 0 bridgehead atoms. The van der Waals surface area contributed by atoms with Gasteiger partial charge in [0.25, 0.3) is 0 Å². The molecule has 0 spiro atoms. The highest BCUT2D eigenvalue weighted by Gasteiger charge is 2.18. The summed E-state index contributed by atoms with van der Waals surface area (Å²) in [6.45, 7) is 1.00. The van der Waals surface area contributed by atoms with Crippen LogP contribution in [0.4, 0.5) is 0 Å². The summed E-state index contributed by atoms with van der Waals surface area (Å²) < 4.78 is 4.59. The minimum atomic E-state index is -0.509. The topological polar surface area (TPSA) is 58.6 Å². The summed E-state index contributed by atoms with van der Waals surface area (Å²) in [5, 5.41) is 13.2. The molecule has 1 fully saturated rings. The maximum absolute atomic E-state index is 11.3. The van der Waals surface area contributed by atoms with E-state index in [4.69, 9.17) is 0 Å². The number of methoxy groups -OCH3 is 1. The Bertz CT molecular complexity index is 411. The average molecular weight is 235 g/mol. The van der Waals surface area contributed by atoms with Crippen molar-refractivity contribution >= 4 is 5.97 Å². The van der Waals surface area contributed by atoms with Crippen molar-refractivity contribution in [1.29, 1.82) is 0 Å². The number of phenolic OH excluding ortho intramolecular Hbond substituents is 1. The van der Waals surface area contributed by atoms with Crippen LogP contribution in [0.3, 0.4) is 0 Å². The Morgan fingerprint density at radius 3 is 2.88 bits per heavy atom. The SMILES string of the molecule is COC(=O)c1ccc(C2CCCCN2)cc1O. The molecule has 1 aliphatic rings. The third-order valence-electron chi connectivity index (χ3n) is 3.14. The summed E-state index contributed by atoms with van der Waals surface area (Å²) in [6.07, 6.45) is 3.46. The van der Waals surface area contributed by atoms with Gasteiger partial charge in [0, 0.05) is 6.04 Å². The molecule has 0 aliphatic carbocycles. The summed E-state index contributed by atoms with van der Waals surface area (Å²) in [4.78, 5) is 11.3. The van der Waals surface area contributed by atoms with Crippen LogP contribution in [0.25, 0.3) is 0 Å². The largest absolute Gasteiger partial charge is 0.507 e. The van der Waals surface area contributed by atoms with Crippen LogP contribution in [0.5, 0.6) is 5.75 Å². The second kappa shape index (κ2) is 5.19. The van der Waals surface area contributed by atoms with Crippen LogP contribution in [0, 0.1) is 0 Å². The van der Waals surface area contributed by atoms with E-state index >= 15 is 0 Å². The number of phenols is 1. The molecule has 1 unspecified atom stereocenters. The first kappa shape index (κ1) is 11.9. The van der Waals surface area contributed by atoms with E-state index in [-0.39, 0.29) is 17.4 Å². The predicted molar refractivity (Wildman–Crippen MR) is 64.0 cm³/mol. The van der Waals surface area contributed by atoms with Gasteiger partial charge in [0.05, 0.1) is 7.11 Å². The first-order valence-electron chi connectivity index (χ1n) is 5.87. The number of ether oxygens (including phenoxy) is 1. The Balaban J connectivity index is 2.20. The number of piperidine rings is 1. The van der Waals surface area contributed by atoms with Crippen LogP contribution >= 0.6 is 0 Å². The van der Waals surface area contributed by atoms with Crippen molar-refractivity contribution in [3.63, 3.8) is 0 Å². The van der Waals surface area contributed by atoms with Crippen molar-refractivity contribution in [2.24, 2.45) is 0 Å². The van der Waals surface area contributed by atoms with Gasteiger partial charge in [-0.05, 0) is 37.1 Å². The molecule has 4 heteroatoms. The molecule has 0 amide bonds. The van der Waals surface area contributed by atoms with E-state index in [1.165, 1.54) is 20.0 Å². The van der Waals surface area contributed by atoms with Gasteiger partial charge in [-0.1, -0.05) is 12.5 Å². The van der Waals surface area contributed by atoms with Crippen molar-refractivity contribution in [1.82, 2.24) is 5.32 Å². The summed E-state index contributed by atoms with van der Waals surface area (Å²) >= 11 is 0. The van der Waals surface area contributed by atoms with Crippen molar-refractivity contribution in [2.45, 2.75) is 25.3 Å². The lowest BCUT2D eigenvalue weighted by Gasteiger charge is -2.24. The second-order valence-corrected chi connectivity index (χ2v) is 4.27. The molecule has 2 rings (SSSR count). The fourth-order valence-corrected chi connectivity index (χ4v) is 2.18. The van der Waals surface area contributed by atoms with Gasteiger partial charge in [-0.25, -0.2) is 4.79 Å². The van der Waals surface area contributed by atoms with E-state index in [0.717, 1.165) is 18.5 Å². The van der Waals surface area contributed by atoms with Crippen LogP contribution in [-0.4, -0.2) is 24.7 Å². The molecule has 1 aromatic carbocycles. The summed E-state index contributed by atoms with van der Waals surface area (Å²) in [5.74, 6) is -0.521. The minimum Gasteiger partial charge on any atom is -0.507 e. The molecule has 0 saturated carbocycles. The van der Waals surface area contributed by atoms with Crippen LogP contribution in [0.1, 0.15) is 41.2 Å². The van der Waals surface area contributed by atoms with E-state index in [2.05, 4.69) is 10.1 Å². The smallest absolute Gasteiger partial charge is 0.341 e. The van der Waals surface area contributed by atoms with Gasteiger partial charge < -0.3 is 15.2 Å². The molecule has 17 heavy (non-hydrogen) atoms. The number of carbonyl (C=O) groups excluding carboxylic acids is 1.